The molecular formula is C16H16ClNS2. The minimum Gasteiger partial charge on any atom is -0.309 e. The van der Waals surface area contributed by atoms with Crippen LogP contribution in [0.3, 0.4) is 0 Å². The molecule has 0 bridgehead atoms. The molecule has 1 aromatic carbocycles. The summed E-state index contributed by atoms with van der Waals surface area (Å²) in [6, 6.07) is 8.88. The van der Waals surface area contributed by atoms with E-state index in [0.717, 1.165) is 10.6 Å². The Labute approximate surface area is 132 Å². The summed E-state index contributed by atoms with van der Waals surface area (Å²) in [7, 11) is 1.99. The highest BCUT2D eigenvalue weighted by Gasteiger charge is 2.19. The second-order valence-corrected chi connectivity index (χ2v) is 7.45. The first-order chi connectivity index (χ1) is 9.60. The standard InChI is InChI=1S/C16H16ClNS2/c1-9-6-11(12(17)7-10(9)2)16(18-3)15-8-14-13(20-15)4-5-19-14/h4-8,16,18H,1-3H3. The molecule has 1 nitrogen and oxygen atoms in total. The van der Waals surface area contributed by atoms with Crippen LogP contribution < -0.4 is 5.32 Å². The molecular weight excluding hydrogens is 306 g/mol. The molecule has 0 spiro atoms. The summed E-state index contributed by atoms with van der Waals surface area (Å²) < 4.78 is 2.70. The maximum atomic E-state index is 6.46. The molecule has 0 aliphatic rings. The van der Waals surface area contributed by atoms with Crippen LogP contribution in [-0.2, 0) is 0 Å². The Morgan fingerprint density at radius 2 is 1.85 bits per heavy atom. The number of fused-ring (bicyclic) bond motifs is 1. The van der Waals surface area contributed by atoms with E-state index in [0.29, 0.717) is 0 Å². The first-order valence-corrected chi connectivity index (χ1v) is 8.58. The Morgan fingerprint density at radius 1 is 1.10 bits per heavy atom. The van der Waals surface area contributed by atoms with Crippen molar-refractivity contribution >= 4 is 43.7 Å². The average molecular weight is 322 g/mol. The summed E-state index contributed by atoms with van der Waals surface area (Å²) in [4.78, 5) is 1.32. The predicted octanol–water partition coefficient (Wildman–Crippen LogP) is 5.54. The van der Waals surface area contributed by atoms with E-state index in [9.17, 15) is 0 Å². The van der Waals surface area contributed by atoms with Crippen LogP contribution in [0.4, 0.5) is 0 Å². The molecule has 3 rings (SSSR count). The number of halogens is 1. The summed E-state index contributed by atoms with van der Waals surface area (Å²) in [5, 5.41) is 6.38. The van der Waals surface area contributed by atoms with E-state index in [1.54, 1.807) is 11.3 Å². The molecule has 0 saturated heterocycles. The summed E-state index contributed by atoms with van der Waals surface area (Å²) in [5.74, 6) is 0. The van der Waals surface area contributed by atoms with Crippen molar-refractivity contribution in [3.63, 3.8) is 0 Å². The fourth-order valence-corrected chi connectivity index (χ4v) is 4.98. The summed E-state index contributed by atoms with van der Waals surface area (Å²) in [6.45, 7) is 4.23. The second kappa shape index (κ2) is 5.49. The predicted molar refractivity (Wildman–Crippen MR) is 91.5 cm³/mol. The Balaban J connectivity index is 2.09. The van der Waals surface area contributed by atoms with Gasteiger partial charge in [-0.1, -0.05) is 17.7 Å². The van der Waals surface area contributed by atoms with Crippen molar-refractivity contribution in [3.05, 3.63) is 56.2 Å². The minimum atomic E-state index is 0.159. The lowest BCUT2D eigenvalue weighted by molar-refractivity contribution is 0.703. The molecule has 0 amide bonds. The van der Waals surface area contributed by atoms with Gasteiger partial charge in [0.15, 0.2) is 0 Å². The van der Waals surface area contributed by atoms with Gasteiger partial charge in [0.05, 0.1) is 6.04 Å². The number of rotatable bonds is 3. The van der Waals surface area contributed by atoms with Gasteiger partial charge in [-0.05, 0) is 61.2 Å². The number of aryl methyl sites for hydroxylation is 2. The molecule has 1 unspecified atom stereocenters. The molecule has 3 aromatic rings. The van der Waals surface area contributed by atoms with Crippen LogP contribution in [0.15, 0.2) is 29.6 Å². The first kappa shape index (κ1) is 14.1. The molecule has 104 valence electrons. The summed E-state index contributed by atoms with van der Waals surface area (Å²) in [5.41, 5.74) is 3.68. The van der Waals surface area contributed by atoms with Crippen molar-refractivity contribution in [1.29, 1.82) is 0 Å². The molecule has 0 saturated carbocycles. The highest BCUT2D eigenvalue weighted by atomic mass is 35.5. The summed E-state index contributed by atoms with van der Waals surface area (Å²) in [6.07, 6.45) is 0. The van der Waals surface area contributed by atoms with Crippen molar-refractivity contribution in [2.45, 2.75) is 19.9 Å². The van der Waals surface area contributed by atoms with Crippen LogP contribution in [0.2, 0.25) is 5.02 Å². The number of thiophene rings is 2. The molecule has 0 fully saturated rings. The molecule has 0 aliphatic carbocycles. The van der Waals surface area contributed by atoms with Gasteiger partial charge in [-0.25, -0.2) is 0 Å². The summed E-state index contributed by atoms with van der Waals surface area (Å²) >= 11 is 10.1. The second-order valence-electron chi connectivity index (χ2n) is 4.98. The number of hydrogen-bond acceptors (Lipinski definition) is 3. The Kier molecular flexibility index (Phi) is 3.87. The van der Waals surface area contributed by atoms with Crippen molar-refractivity contribution in [2.75, 3.05) is 7.05 Å². The van der Waals surface area contributed by atoms with E-state index in [4.69, 9.17) is 11.6 Å². The van der Waals surface area contributed by atoms with Gasteiger partial charge in [-0.15, -0.1) is 22.7 Å². The molecule has 2 aromatic heterocycles. The van der Waals surface area contributed by atoms with Gasteiger partial charge in [0, 0.05) is 19.3 Å². The smallest absolute Gasteiger partial charge is 0.0684 e. The van der Waals surface area contributed by atoms with Gasteiger partial charge < -0.3 is 5.32 Å². The highest BCUT2D eigenvalue weighted by molar-refractivity contribution is 7.27. The largest absolute Gasteiger partial charge is 0.309 e. The molecule has 20 heavy (non-hydrogen) atoms. The Morgan fingerprint density at radius 3 is 2.55 bits per heavy atom. The van der Waals surface area contributed by atoms with Crippen molar-refractivity contribution in [1.82, 2.24) is 5.32 Å². The molecule has 2 heterocycles. The van der Waals surface area contributed by atoms with E-state index >= 15 is 0 Å². The zero-order chi connectivity index (χ0) is 14.3. The van der Waals surface area contributed by atoms with Gasteiger partial charge >= 0.3 is 0 Å². The van der Waals surface area contributed by atoms with Crippen molar-refractivity contribution in [3.8, 4) is 0 Å². The lowest BCUT2D eigenvalue weighted by Crippen LogP contribution is -2.17. The third kappa shape index (κ3) is 2.40. The number of nitrogens with one attached hydrogen (secondary N) is 1. The van der Waals surface area contributed by atoms with Gasteiger partial charge in [-0.2, -0.15) is 0 Å². The van der Waals surface area contributed by atoms with Crippen LogP contribution in [-0.4, -0.2) is 7.05 Å². The maximum Gasteiger partial charge on any atom is 0.0684 e. The van der Waals surface area contributed by atoms with Gasteiger partial charge in [0.1, 0.15) is 0 Å². The third-order valence-electron chi connectivity index (χ3n) is 3.66. The number of benzene rings is 1. The Bertz CT molecular complexity index is 729. The van der Waals surface area contributed by atoms with Gasteiger partial charge in [0.25, 0.3) is 0 Å². The number of hydrogen-bond donors (Lipinski definition) is 1. The monoisotopic (exact) mass is 321 g/mol. The molecule has 0 aliphatic heterocycles. The highest BCUT2D eigenvalue weighted by Crippen LogP contribution is 2.38. The molecule has 0 radical (unpaired) electrons. The lowest BCUT2D eigenvalue weighted by Gasteiger charge is -2.18. The molecule has 1 atom stereocenters. The van der Waals surface area contributed by atoms with Gasteiger partial charge in [-0.3, -0.25) is 0 Å². The van der Waals surface area contributed by atoms with Crippen LogP contribution >= 0.6 is 34.3 Å². The zero-order valence-corrected chi connectivity index (χ0v) is 14.0. The molecule has 1 N–H and O–H groups in total. The average Bonchev–Trinajstić information content (AvgIpc) is 2.97. The Hall–Kier alpha value is -0.870. The van der Waals surface area contributed by atoms with Crippen molar-refractivity contribution < 1.29 is 0 Å². The first-order valence-electron chi connectivity index (χ1n) is 6.51. The fraction of sp³-hybridized carbons (Fsp3) is 0.250. The quantitative estimate of drug-likeness (QED) is 0.667. The van der Waals surface area contributed by atoms with Crippen LogP contribution in [0, 0.1) is 13.8 Å². The van der Waals surface area contributed by atoms with Crippen LogP contribution in [0.5, 0.6) is 0 Å². The SMILES string of the molecule is CNC(c1cc2sccc2s1)c1cc(C)c(C)cc1Cl. The minimum absolute atomic E-state index is 0.159. The fourth-order valence-electron chi connectivity index (χ4n) is 2.40. The van der Waals surface area contributed by atoms with E-state index in [-0.39, 0.29) is 6.04 Å². The van der Waals surface area contributed by atoms with Crippen molar-refractivity contribution in [2.24, 2.45) is 0 Å². The molecule has 4 heteroatoms. The zero-order valence-electron chi connectivity index (χ0n) is 11.7. The third-order valence-corrected chi connectivity index (χ3v) is 6.14. The van der Waals surface area contributed by atoms with Crippen LogP contribution in [0.25, 0.3) is 9.40 Å². The van der Waals surface area contributed by atoms with E-state index < -0.39 is 0 Å². The van der Waals surface area contributed by atoms with E-state index in [2.05, 4.69) is 48.8 Å². The van der Waals surface area contributed by atoms with E-state index in [1.807, 2.05) is 18.4 Å². The van der Waals surface area contributed by atoms with Gasteiger partial charge in [0.2, 0.25) is 0 Å². The maximum absolute atomic E-state index is 6.46. The lowest BCUT2D eigenvalue weighted by atomic mass is 10.00. The topological polar surface area (TPSA) is 12.0 Å². The van der Waals surface area contributed by atoms with Crippen LogP contribution in [0.1, 0.15) is 27.6 Å². The normalized spacial score (nSPS) is 13.0. The van der Waals surface area contributed by atoms with E-state index in [1.165, 1.54) is 25.4 Å².